The first kappa shape index (κ1) is 15.2. The van der Waals surface area contributed by atoms with E-state index in [9.17, 15) is 9.50 Å². The number of nitrogens with one attached hydrogen (secondary N) is 1. The van der Waals surface area contributed by atoms with E-state index < -0.39 is 0 Å². The number of anilines is 1. The molecular formula is C20H16FN3O. The van der Waals surface area contributed by atoms with Gasteiger partial charge in [0.2, 0.25) is 0 Å². The second-order valence-electron chi connectivity index (χ2n) is 5.80. The molecule has 2 aromatic heterocycles. The van der Waals surface area contributed by atoms with E-state index in [1.54, 1.807) is 30.3 Å². The Morgan fingerprint density at radius 3 is 2.56 bits per heavy atom. The average Bonchev–Trinajstić information content (AvgIpc) is 3.04. The number of aromatic nitrogens is 2. The van der Waals surface area contributed by atoms with Crippen molar-refractivity contribution >= 4 is 11.3 Å². The summed E-state index contributed by atoms with van der Waals surface area (Å²) in [6, 6.07) is 21.3. The summed E-state index contributed by atoms with van der Waals surface area (Å²) in [4.78, 5) is 0. The van der Waals surface area contributed by atoms with Crippen LogP contribution in [-0.4, -0.2) is 14.7 Å². The number of phenols is 1. The molecule has 4 aromatic rings. The van der Waals surface area contributed by atoms with Crippen molar-refractivity contribution in [3.63, 3.8) is 0 Å². The number of aromatic hydroxyl groups is 1. The fourth-order valence-electron chi connectivity index (χ4n) is 2.76. The fraction of sp³-hybridized carbons (Fsp3) is 0.0500. The lowest BCUT2D eigenvalue weighted by Gasteiger charge is -2.08. The highest BCUT2D eigenvalue weighted by molar-refractivity contribution is 5.68. The molecule has 0 aliphatic rings. The molecule has 2 aromatic carbocycles. The van der Waals surface area contributed by atoms with Gasteiger partial charge in [0.25, 0.3) is 0 Å². The van der Waals surface area contributed by atoms with Gasteiger partial charge >= 0.3 is 0 Å². The summed E-state index contributed by atoms with van der Waals surface area (Å²) in [5, 5.41) is 17.6. The zero-order chi connectivity index (χ0) is 17.2. The van der Waals surface area contributed by atoms with Crippen LogP contribution in [0.2, 0.25) is 0 Å². The van der Waals surface area contributed by atoms with Crippen LogP contribution in [0.25, 0.3) is 16.8 Å². The van der Waals surface area contributed by atoms with Crippen molar-refractivity contribution in [1.82, 2.24) is 9.61 Å². The van der Waals surface area contributed by atoms with Crippen LogP contribution in [0.15, 0.2) is 72.8 Å². The number of nitrogens with zero attached hydrogens (tertiary/aromatic N) is 2. The van der Waals surface area contributed by atoms with Gasteiger partial charge in [0.1, 0.15) is 17.4 Å². The number of hydrogen-bond donors (Lipinski definition) is 2. The van der Waals surface area contributed by atoms with Crippen LogP contribution in [-0.2, 0) is 6.54 Å². The number of fused-ring (bicyclic) bond motifs is 1. The van der Waals surface area contributed by atoms with Gasteiger partial charge in [-0.2, -0.15) is 0 Å². The molecule has 0 aliphatic heterocycles. The third-order valence-electron chi connectivity index (χ3n) is 4.03. The summed E-state index contributed by atoms with van der Waals surface area (Å²) in [5.41, 5.74) is 3.73. The van der Waals surface area contributed by atoms with Gasteiger partial charge in [-0.15, -0.1) is 5.10 Å². The van der Waals surface area contributed by atoms with Crippen LogP contribution >= 0.6 is 0 Å². The molecule has 5 heteroatoms. The Morgan fingerprint density at radius 2 is 1.76 bits per heavy atom. The SMILES string of the molecule is Oc1cccc(-c2ccc3ccc(NCc4ccc(F)cc4)nn23)c1. The van der Waals surface area contributed by atoms with Crippen molar-refractivity contribution < 1.29 is 9.50 Å². The second-order valence-corrected chi connectivity index (χ2v) is 5.80. The fourth-order valence-corrected chi connectivity index (χ4v) is 2.76. The van der Waals surface area contributed by atoms with Gasteiger partial charge in [-0.05, 0) is 54.1 Å². The number of phenolic OH excluding ortho intramolecular Hbond substituents is 1. The summed E-state index contributed by atoms with van der Waals surface area (Å²) in [6.07, 6.45) is 0. The summed E-state index contributed by atoms with van der Waals surface area (Å²) >= 11 is 0. The van der Waals surface area contributed by atoms with Gasteiger partial charge in [0.05, 0.1) is 11.2 Å². The van der Waals surface area contributed by atoms with E-state index in [2.05, 4.69) is 10.4 Å². The predicted octanol–water partition coefficient (Wildman–Crippen LogP) is 4.46. The van der Waals surface area contributed by atoms with Crippen LogP contribution in [0, 0.1) is 5.82 Å². The molecule has 124 valence electrons. The van der Waals surface area contributed by atoms with Gasteiger partial charge in [-0.3, -0.25) is 0 Å². The number of benzene rings is 2. The first-order chi connectivity index (χ1) is 12.2. The van der Waals surface area contributed by atoms with Crippen LogP contribution in [0.3, 0.4) is 0 Å². The summed E-state index contributed by atoms with van der Waals surface area (Å²) in [6.45, 7) is 0.557. The average molecular weight is 333 g/mol. The molecule has 25 heavy (non-hydrogen) atoms. The topological polar surface area (TPSA) is 49.6 Å². The number of hydrogen-bond acceptors (Lipinski definition) is 3. The number of halogens is 1. The molecule has 0 atom stereocenters. The van der Waals surface area contributed by atoms with Crippen molar-refractivity contribution in [1.29, 1.82) is 0 Å². The van der Waals surface area contributed by atoms with Crippen LogP contribution < -0.4 is 5.32 Å². The summed E-state index contributed by atoms with van der Waals surface area (Å²) in [5.74, 6) is 0.693. The van der Waals surface area contributed by atoms with E-state index in [-0.39, 0.29) is 11.6 Å². The molecule has 0 saturated heterocycles. The van der Waals surface area contributed by atoms with Crippen molar-refractivity contribution in [2.45, 2.75) is 6.54 Å². The van der Waals surface area contributed by atoms with E-state index >= 15 is 0 Å². The zero-order valence-electron chi connectivity index (χ0n) is 13.4. The molecule has 0 radical (unpaired) electrons. The van der Waals surface area contributed by atoms with Crippen molar-refractivity contribution in [3.8, 4) is 17.0 Å². The van der Waals surface area contributed by atoms with Gasteiger partial charge in [-0.1, -0.05) is 24.3 Å². The largest absolute Gasteiger partial charge is 0.508 e. The molecule has 4 rings (SSSR count). The van der Waals surface area contributed by atoms with E-state index in [0.717, 1.165) is 28.2 Å². The summed E-state index contributed by atoms with van der Waals surface area (Å²) < 4.78 is 14.8. The molecule has 0 saturated carbocycles. The van der Waals surface area contributed by atoms with Gasteiger partial charge in [0, 0.05) is 12.1 Å². The molecule has 4 nitrogen and oxygen atoms in total. The van der Waals surface area contributed by atoms with E-state index in [0.29, 0.717) is 6.54 Å². The third kappa shape index (κ3) is 3.17. The second kappa shape index (κ2) is 6.28. The minimum absolute atomic E-state index is 0.220. The van der Waals surface area contributed by atoms with Crippen molar-refractivity contribution in [2.75, 3.05) is 5.32 Å². The third-order valence-corrected chi connectivity index (χ3v) is 4.03. The van der Waals surface area contributed by atoms with Crippen molar-refractivity contribution in [2.24, 2.45) is 0 Å². The first-order valence-electron chi connectivity index (χ1n) is 7.95. The minimum Gasteiger partial charge on any atom is -0.508 e. The lowest BCUT2D eigenvalue weighted by Crippen LogP contribution is -2.04. The summed E-state index contributed by atoms with van der Waals surface area (Å²) in [7, 11) is 0. The zero-order valence-corrected chi connectivity index (χ0v) is 13.4. The van der Waals surface area contributed by atoms with Crippen LogP contribution in [0.1, 0.15) is 5.56 Å². The highest BCUT2D eigenvalue weighted by Crippen LogP contribution is 2.25. The molecule has 0 unspecified atom stereocenters. The molecule has 2 N–H and O–H groups in total. The standard InChI is InChI=1S/C20H16FN3O/c21-16-6-4-14(5-7-16)13-22-20-11-9-17-8-10-19(24(17)23-20)15-2-1-3-18(25)12-15/h1-12,25H,13H2,(H,22,23). The maximum atomic E-state index is 13.0. The predicted molar refractivity (Wildman–Crippen MR) is 96.0 cm³/mol. The molecule has 0 aliphatic carbocycles. The molecule has 0 spiro atoms. The lowest BCUT2D eigenvalue weighted by molar-refractivity contribution is 0.475. The Balaban J connectivity index is 1.63. The number of rotatable bonds is 4. The van der Waals surface area contributed by atoms with E-state index in [4.69, 9.17) is 0 Å². The van der Waals surface area contributed by atoms with Crippen molar-refractivity contribution in [3.05, 3.63) is 84.2 Å². The van der Waals surface area contributed by atoms with E-state index in [1.165, 1.54) is 12.1 Å². The highest BCUT2D eigenvalue weighted by Gasteiger charge is 2.07. The Bertz CT molecular complexity index is 1020. The van der Waals surface area contributed by atoms with Gasteiger partial charge in [-0.25, -0.2) is 8.91 Å². The molecular weight excluding hydrogens is 317 g/mol. The first-order valence-corrected chi connectivity index (χ1v) is 7.95. The van der Waals surface area contributed by atoms with Crippen LogP contribution in [0.4, 0.5) is 10.2 Å². The minimum atomic E-state index is -0.244. The molecule has 0 amide bonds. The Labute approximate surface area is 144 Å². The quantitative estimate of drug-likeness (QED) is 0.580. The Kier molecular flexibility index (Phi) is 3.82. The lowest BCUT2D eigenvalue weighted by atomic mass is 10.1. The van der Waals surface area contributed by atoms with Gasteiger partial charge < -0.3 is 10.4 Å². The van der Waals surface area contributed by atoms with E-state index in [1.807, 2.05) is 34.8 Å². The maximum absolute atomic E-state index is 13.0. The Morgan fingerprint density at radius 1 is 0.960 bits per heavy atom. The normalized spacial score (nSPS) is 10.9. The van der Waals surface area contributed by atoms with Gasteiger partial charge in [0.15, 0.2) is 0 Å². The molecule has 0 bridgehead atoms. The molecule has 2 heterocycles. The highest BCUT2D eigenvalue weighted by atomic mass is 19.1. The van der Waals surface area contributed by atoms with Crippen LogP contribution in [0.5, 0.6) is 5.75 Å². The Hall–Kier alpha value is -3.34. The molecule has 0 fully saturated rings. The monoisotopic (exact) mass is 333 g/mol. The smallest absolute Gasteiger partial charge is 0.147 e. The maximum Gasteiger partial charge on any atom is 0.147 e.